The van der Waals surface area contributed by atoms with Crippen molar-refractivity contribution in [2.75, 3.05) is 19.6 Å². The van der Waals surface area contributed by atoms with Gasteiger partial charge in [0.2, 0.25) is 17.6 Å². The lowest BCUT2D eigenvalue weighted by atomic mass is 9.96. The molecule has 0 spiro atoms. The van der Waals surface area contributed by atoms with Crippen LogP contribution in [-0.4, -0.2) is 40.6 Å². The summed E-state index contributed by atoms with van der Waals surface area (Å²) >= 11 is 0. The second kappa shape index (κ2) is 8.14. The second-order valence-corrected chi connectivity index (χ2v) is 5.24. The maximum atomic E-state index is 11.8. The van der Waals surface area contributed by atoms with Gasteiger partial charge in [-0.2, -0.15) is 4.98 Å². The lowest BCUT2D eigenvalue weighted by Gasteiger charge is -2.30. The molecule has 1 aromatic rings. The number of hydrogen-bond acceptors (Lipinski definition) is 5. The van der Waals surface area contributed by atoms with E-state index in [2.05, 4.69) is 20.2 Å². The van der Waals surface area contributed by atoms with E-state index in [1.165, 1.54) is 0 Å². The first-order chi connectivity index (χ1) is 11.2. The molecule has 122 valence electrons. The molecule has 8 nitrogen and oxygen atoms in total. The molecule has 8 heteroatoms. The fourth-order valence-electron chi connectivity index (χ4n) is 2.57. The predicted molar refractivity (Wildman–Crippen MR) is 85.3 cm³/mol. The number of rotatable bonds is 5. The third kappa shape index (κ3) is 4.20. The van der Waals surface area contributed by atoms with Crippen molar-refractivity contribution in [3.63, 3.8) is 0 Å². The zero-order chi connectivity index (χ0) is 16.7. The van der Waals surface area contributed by atoms with Crippen LogP contribution in [0.25, 0.3) is 16.0 Å². The number of nitrogens with zero attached hydrogens (tertiary/aromatic N) is 6. The maximum absolute atomic E-state index is 11.8. The van der Waals surface area contributed by atoms with Crippen molar-refractivity contribution in [1.82, 2.24) is 15.0 Å². The van der Waals surface area contributed by atoms with Gasteiger partial charge in [0, 0.05) is 29.5 Å². The predicted octanol–water partition coefficient (Wildman–Crippen LogP) is 3.07. The Hall–Kier alpha value is -2.60. The van der Waals surface area contributed by atoms with E-state index in [1.807, 2.05) is 32.1 Å². The highest BCUT2D eigenvalue weighted by Gasteiger charge is 2.27. The molecular formula is C15H20N6O2. The van der Waals surface area contributed by atoms with Crippen LogP contribution in [0.4, 0.5) is 0 Å². The minimum Gasteiger partial charge on any atom is -0.343 e. The molecule has 0 unspecified atom stereocenters. The molecule has 1 amide bonds. The summed E-state index contributed by atoms with van der Waals surface area (Å²) in [5.41, 5.74) is 9.18. The molecule has 0 bridgehead atoms. The minimum absolute atomic E-state index is 0.125. The molecule has 23 heavy (non-hydrogen) atoms. The fourth-order valence-corrected chi connectivity index (χ4v) is 2.57. The van der Waals surface area contributed by atoms with Crippen LogP contribution in [0.5, 0.6) is 0 Å². The molecule has 0 aliphatic carbocycles. The lowest BCUT2D eigenvalue weighted by Crippen LogP contribution is -2.39. The van der Waals surface area contributed by atoms with Crippen molar-refractivity contribution in [1.29, 1.82) is 0 Å². The summed E-state index contributed by atoms with van der Waals surface area (Å²) in [5, 5.41) is 7.34. The summed E-state index contributed by atoms with van der Waals surface area (Å²) in [6, 6.07) is 0. The molecule has 0 radical (unpaired) electrons. The lowest BCUT2D eigenvalue weighted by molar-refractivity contribution is -0.130. The Labute approximate surface area is 134 Å². The summed E-state index contributed by atoms with van der Waals surface area (Å²) in [4.78, 5) is 20.6. The summed E-state index contributed by atoms with van der Waals surface area (Å²) in [7, 11) is 0. The number of carbonyl (C=O) groups is 1. The topological polar surface area (TPSA) is 108 Å². The number of allylic oxidation sites excluding steroid dienone is 4. The monoisotopic (exact) mass is 316 g/mol. The number of azide groups is 1. The van der Waals surface area contributed by atoms with Gasteiger partial charge in [0.15, 0.2) is 0 Å². The van der Waals surface area contributed by atoms with Crippen LogP contribution in [0.1, 0.15) is 44.3 Å². The summed E-state index contributed by atoms with van der Waals surface area (Å²) in [5.74, 6) is 1.22. The molecule has 1 saturated heterocycles. The zero-order valence-electron chi connectivity index (χ0n) is 13.3. The van der Waals surface area contributed by atoms with Gasteiger partial charge in [-0.1, -0.05) is 28.5 Å². The summed E-state index contributed by atoms with van der Waals surface area (Å²) in [6.45, 7) is 4.95. The molecule has 0 N–H and O–H groups in total. The smallest absolute Gasteiger partial charge is 0.230 e. The van der Waals surface area contributed by atoms with Gasteiger partial charge in [0.1, 0.15) is 6.54 Å². The van der Waals surface area contributed by atoms with Gasteiger partial charge < -0.3 is 9.42 Å². The van der Waals surface area contributed by atoms with Crippen LogP contribution >= 0.6 is 0 Å². The first-order valence-corrected chi connectivity index (χ1v) is 7.61. The van der Waals surface area contributed by atoms with Gasteiger partial charge >= 0.3 is 0 Å². The van der Waals surface area contributed by atoms with Crippen LogP contribution in [0, 0.1) is 0 Å². The Morgan fingerprint density at radius 1 is 1.48 bits per heavy atom. The largest absolute Gasteiger partial charge is 0.343 e. The Kier molecular flexibility index (Phi) is 5.94. The number of piperidine rings is 1. The van der Waals surface area contributed by atoms with E-state index in [0.29, 0.717) is 24.8 Å². The second-order valence-electron chi connectivity index (χ2n) is 5.24. The van der Waals surface area contributed by atoms with Gasteiger partial charge in [0.25, 0.3) is 0 Å². The Balaban J connectivity index is 1.97. The third-order valence-electron chi connectivity index (χ3n) is 3.82. The van der Waals surface area contributed by atoms with Crippen LogP contribution in [0.3, 0.4) is 0 Å². The molecule has 1 aliphatic rings. The molecule has 0 atom stereocenters. The molecule has 0 saturated carbocycles. The molecule has 1 aromatic heterocycles. The highest BCUT2D eigenvalue weighted by molar-refractivity contribution is 5.78. The summed E-state index contributed by atoms with van der Waals surface area (Å²) in [6.07, 6.45) is 7.33. The SMILES string of the molecule is C/C=C\C(=C/C)c1noc(C2CCN(C(=O)CN=[N+]=[N-])CC2)n1. The molecular weight excluding hydrogens is 296 g/mol. The van der Waals surface area contributed by atoms with Crippen molar-refractivity contribution in [2.45, 2.75) is 32.6 Å². The van der Waals surface area contributed by atoms with E-state index in [-0.39, 0.29) is 18.4 Å². The minimum atomic E-state index is -0.142. The van der Waals surface area contributed by atoms with Gasteiger partial charge in [-0.15, -0.1) is 0 Å². The van der Waals surface area contributed by atoms with E-state index in [9.17, 15) is 4.79 Å². The number of likely N-dealkylation sites (tertiary alicyclic amines) is 1. The average molecular weight is 316 g/mol. The first kappa shape index (κ1) is 16.8. The normalized spacial score (nSPS) is 16.6. The number of carbonyl (C=O) groups excluding carboxylic acids is 1. The Bertz CT molecular complexity index is 649. The van der Waals surface area contributed by atoms with E-state index >= 15 is 0 Å². The molecule has 1 aliphatic heterocycles. The van der Waals surface area contributed by atoms with Crippen LogP contribution in [0.15, 0.2) is 27.9 Å². The Morgan fingerprint density at radius 3 is 2.83 bits per heavy atom. The standard InChI is InChI=1S/C15H20N6O2/c1-3-5-11(4-2)14-18-15(23-19-14)12-6-8-21(9-7-12)13(22)10-17-20-16/h3-5,12H,6-10H2,1-2H3/b5-3-,11-4+. The maximum Gasteiger partial charge on any atom is 0.230 e. The Morgan fingerprint density at radius 2 is 2.22 bits per heavy atom. The van der Waals surface area contributed by atoms with E-state index in [4.69, 9.17) is 10.1 Å². The quantitative estimate of drug-likeness (QED) is 0.360. The van der Waals surface area contributed by atoms with E-state index in [1.54, 1.807) is 4.90 Å². The van der Waals surface area contributed by atoms with Crippen molar-refractivity contribution < 1.29 is 9.32 Å². The van der Waals surface area contributed by atoms with Crippen LogP contribution in [-0.2, 0) is 4.79 Å². The third-order valence-corrected chi connectivity index (χ3v) is 3.82. The van der Waals surface area contributed by atoms with Gasteiger partial charge in [-0.05, 0) is 32.2 Å². The number of hydrogen-bond donors (Lipinski definition) is 0. The zero-order valence-corrected chi connectivity index (χ0v) is 13.3. The van der Waals surface area contributed by atoms with Crippen molar-refractivity contribution in [3.05, 3.63) is 40.4 Å². The molecule has 2 heterocycles. The highest BCUT2D eigenvalue weighted by Crippen LogP contribution is 2.27. The van der Waals surface area contributed by atoms with Crippen LogP contribution in [0.2, 0.25) is 0 Å². The van der Waals surface area contributed by atoms with E-state index < -0.39 is 0 Å². The van der Waals surface area contributed by atoms with Gasteiger partial charge in [-0.3, -0.25) is 4.79 Å². The first-order valence-electron chi connectivity index (χ1n) is 7.61. The van der Waals surface area contributed by atoms with E-state index in [0.717, 1.165) is 18.4 Å². The average Bonchev–Trinajstić information content (AvgIpc) is 3.07. The number of amides is 1. The van der Waals surface area contributed by atoms with Gasteiger partial charge in [0.05, 0.1) is 0 Å². The number of aromatic nitrogens is 2. The molecule has 0 aromatic carbocycles. The van der Waals surface area contributed by atoms with Crippen molar-refractivity contribution in [3.8, 4) is 0 Å². The fraction of sp³-hybridized carbons (Fsp3) is 0.533. The molecule has 2 rings (SSSR count). The van der Waals surface area contributed by atoms with Gasteiger partial charge in [-0.25, -0.2) is 0 Å². The highest BCUT2D eigenvalue weighted by atomic mass is 16.5. The molecule has 1 fully saturated rings. The van der Waals surface area contributed by atoms with Crippen molar-refractivity contribution in [2.24, 2.45) is 5.11 Å². The van der Waals surface area contributed by atoms with Crippen molar-refractivity contribution >= 4 is 11.5 Å². The summed E-state index contributed by atoms with van der Waals surface area (Å²) < 4.78 is 5.39. The van der Waals surface area contributed by atoms with Crippen LogP contribution < -0.4 is 0 Å².